The summed E-state index contributed by atoms with van der Waals surface area (Å²) < 4.78 is 9.69. The van der Waals surface area contributed by atoms with E-state index >= 15 is 0 Å². The number of aromatic nitrogens is 1. The van der Waals surface area contributed by atoms with E-state index in [0.29, 0.717) is 22.5 Å². The number of ether oxygens (including phenoxy) is 2. The number of carbonyl (C=O) groups excluding carboxylic acids is 4. The lowest BCUT2D eigenvalue weighted by atomic mass is 10.1. The molecule has 0 unspecified atom stereocenters. The first-order chi connectivity index (χ1) is 12.8. The third kappa shape index (κ3) is 4.41. The Labute approximate surface area is 155 Å². The monoisotopic (exact) mass is 372 g/mol. The number of aryl methyl sites for hydroxylation is 1. The number of benzene rings is 1. The highest BCUT2D eigenvalue weighted by Gasteiger charge is 2.24. The second-order valence-corrected chi connectivity index (χ2v) is 5.84. The van der Waals surface area contributed by atoms with E-state index in [2.05, 4.69) is 15.0 Å². The summed E-state index contributed by atoms with van der Waals surface area (Å²) in [6, 6.07) is 6.52. The molecule has 0 aliphatic heterocycles. The Morgan fingerprint density at radius 2 is 1.74 bits per heavy atom. The maximum atomic E-state index is 12.2. The van der Waals surface area contributed by atoms with Crippen LogP contribution in [0.3, 0.4) is 0 Å². The number of carbonyl (C=O) groups is 4. The average Bonchev–Trinajstić information content (AvgIpc) is 2.93. The van der Waals surface area contributed by atoms with Crippen LogP contribution in [0.25, 0.3) is 0 Å². The molecule has 2 rings (SSSR count). The van der Waals surface area contributed by atoms with Gasteiger partial charge in [-0.3, -0.25) is 9.59 Å². The largest absolute Gasteiger partial charge is 0.465 e. The third-order valence-corrected chi connectivity index (χ3v) is 3.95. The van der Waals surface area contributed by atoms with Crippen molar-refractivity contribution in [2.24, 2.45) is 0 Å². The van der Waals surface area contributed by atoms with Crippen molar-refractivity contribution in [3.8, 4) is 0 Å². The van der Waals surface area contributed by atoms with Gasteiger partial charge in [0, 0.05) is 11.3 Å². The minimum absolute atomic E-state index is 0.0739. The van der Waals surface area contributed by atoms with Crippen LogP contribution in [0.15, 0.2) is 24.3 Å². The minimum Gasteiger partial charge on any atom is -0.465 e. The van der Waals surface area contributed by atoms with Gasteiger partial charge in [0.25, 0.3) is 5.91 Å². The number of anilines is 1. The summed E-state index contributed by atoms with van der Waals surface area (Å²) in [5, 5.41) is 2.54. The first-order valence-corrected chi connectivity index (χ1v) is 8.10. The van der Waals surface area contributed by atoms with Gasteiger partial charge in [0.1, 0.15) is 5.69 Å². The predicted octanol–water partition coefficient (Wildman–Crippen LogP) is 2.42. The number of hydrogen-bond acceptors (Lipinski definition) is 6. The Hall–Kier alpha value is -3.42. The van der Waals surface area contributed by atoms with Gasteiger partial charge < -0.3 is 19.8 Å². The van der Waals surface area contributed by atoms with Gasteiger partial charge in [-0.2, -0.15) is 0 Å². The summed E-state index contributed by atoms with van der Waals surface area (Å²) in [6.07, 6.45) is 0. The van der Waals surface area contributed by atoms with Crippen molar-refractivity contribution >= 4 is 29.3 Å². The quantitative estimate of drug-likeness (QED) is 0.594. The highest BCUT2D eigenvalue weighted by atomic mass is 16.5. The van der Waals surface area contributed by atoms with Crippen LogP contribution in [0.2, 0.25) is 0 Å². The maximum absolute atomic E-state index is 12.2. The molecule has 1 heterocycles. The molecule has 1 aromatic heterocycles. The minimum atomic E-state index is -0.777. The lowest BCUT2D eigenvalue weighted by Crippen LogP contribution is -2.22. The molecule has 27 heavy (non-hydrogen) atoms. The molecule has 0 atom stereocenters. The van der Waals surface area contributed by atoms with Crippen molar-refractivity contribution in [3.05, 3.63) is 52.3 Å². The third-order valence-electron chi connectivity index (χ3n) is 3.95. The van der Waals surface area contributed by atoms with Crippen LogP contribution in [0.1, 0.15) is 49.4 Å². The molecule has 0 saturated heterocycles. The second-order valence-electron chi connectivity index (χ2n) is 5.84. The molecule has 8 nitrogen and oxygen atoms in total. The van der Waals surface area contributed by atoms with Crippen molar-refractivity contribution in [2.45, 2.75) is 20.8 Å². The van der Waals surface area contributed by atoms with Gasteiger partial charge in [-0.15, -0.1) is 0 Å². The number of esters is 2. The zero-order valence-corrected chi connectivity index (χ0v) is 15.5. The fourth-order valence-corrected chi connectivity index (χ4v) is 2.65. The fourth-order valence-electron chi connectivity index (χ4n) is 2.65. The van der Waals surface area contributed by atoms with Crippen LogP contribution in [-0.2, 0) is 14.3 Å². The number of H-pyrrole nitrogens is 1. The van der Waals surface area contributed by atoms with Gasteiger partial charge in [0.2, 0.25) is 0 Å². The SMILES string of the molecule is COC(=O)c1c(C)[nH]c(C(=O)OCC(=O)Nc2ccccc2C(C)=O)c1C. The Morgan fingerprint density at radius 1 is 1.07 bits per heavy atom. The molecular weight excluding hydrogens is 352 g/mol. The fraction of sp³-hybridized carbons (Fsp3) is 0.263. The standard InChI is InChI=1S/C19H20N2O6/c1-10-16(18(24)26-4)11(2)20-17(10)19(25)27-9-15(23)21-14-8-6-5-7-13(14)12(3)22/h5-8,20H,9H2,1-4H3,(H,21,23). The van der Waals surface area contributed by atoms with E-state index in [9.17, 15) is 19.2 Å². The normalized spacial score (nSPS) is 10.2. The molecule has 1 aromatic carbocycles. The van der Waals surface area contributed by atoms with Gasteiger partial charge >= 0.3 is 11.9 Å². The van der Waals surface area contributed by atoms with Crippen molar-refractivity contribution in [3.63, 3.8) is 0 Å². The summed E-state index contributed by atoms with van der Waals surface area (Å²) in [7, 11) is 1.25. The number of aromatic amines is 1. The number of para-hydroxylation sites is 1. The van der Waals surface area contributed by atoms with Crippen LogP contribution in [0.4, 0.5) is 5.69 Å². The average molecular weight is 372 g/mol. The predicted molar refractivity (Wildman–Crippen MR) is 97.0 cm³/mol. The van der Waals surface area contributed by atoms with Gasteiger partial charge in [0.15, 0.2) is 12.4 Å². The van der Waals surface area contributed by atoms with E-state index < -0.39 is 24.5 Å². The molecule has 0 spiro atoms. The molecule has 0 saturated carbocycles. The van der Waals surface area contributed by atoms with Crippen LogP contribution in [-0.4, -0.2) is 42.3 Å². The van der Waals surface area contributed by atoms with Crippen LogP contribution >= 0.6 is 0 Å². The Kier molecular flexibility index (Phi) is 6.12. The number of nitrogens with one attached hydrogen (secondary N) is 2. The Balaban J connectivity index is 2.05. The Morgan fingerprint density at radius 3 is 2.37 bits per heavy atom. The second kappa shape index (κ2) is 8.31. The number of hydrogen-bond donors (Lipinski definition) is 2. The van der Waals surface area contributed by atoms with E-state index in [1.54, 1.807) is 38.1 Å². The molecule has 0 radical (unpaired) electrons. The topological polar surface area (TPSA) is 115 Å². The summed E-state index contributed by atoms with van der Waals surface area (Å²) in [5.74, 6) is -2.14. The number of methoxy groups -OCH3 is 1. The Bertz CT molecular complexity index is 913. The summed E-state index contributed by atoms with van der Waals surface area (Å²) in [4.78, 5) is 50.4. The van der Waals surface area contributed by atoms with E-state index in [1.807, 2.05) is 0 Å². The lowest BCUT2D eigenvalue weighted by molar-refractivity contribution is -0.119. The molecule has 2 N–H and O–H groups in total. The van der Waals surface area contributed by atoms with Crippen LogP contribution in [0.5, 0.6) is 0 Å². The van der Waals surface area contributed by atoms with Gasteiger partial charge in [-0.25, -0.2) is 9.59 Å². The van der Waals surface area contributed by atoms with Gasteiger partial charge in [0.05, 0.1) is 18.4 Å². The summed E-state index contributed by atoms with van der Waals surface area (Å²) >= 11 is 0. The molecule has 2 aromatic rings. The molecule has 0 aliphatic rings. The summed E-state index contributed by atoms with van der Waals surface area (Å²) in [6.45, 7) is 4.05. The van der Waals surface area contributed by atoms with E-state index in [-0.39, 0.29) is 17.0 Å². The van der Waals surface area contributed by atoms with Crippen molar-refractivity contribution in [1.29, 1.82) is 0 Å². The van der Waals surface area contributed by atoms with Crippen molar-refractivity contribution in [2.75, 3.05) is 19.0 Å². The highest BCUT2D eigenvalue weighted by Crippen LogP contribution is 2.20. The van der Waals surface area contributed by atoms with Gasteiger partial charge in [-0.1, -0.05) is 12.1 Å². The molecule has 8 heteroatoms. The zero-order valence-electron chi connectivity index (χ0n) is 15.5. The molecule has 0 fully saturated rings. The van der Waals surface area contributed by atoms with E-state index in [1.165, 1.54) is 14.0 Å². The van der Waals surface area contributed by atoms with E-state index in [4.69, 9.17) is 4.74 Å². The van der Waals surface area contributed by atoms with Crippen molar-refractivity contribution < 1.29 is 28.7 Å². The maximum Gasteiger partial charge on any atom is 0.355 e. The molecular formula is C19H20N2O6. The van der Waals surface area contributed by atoms with Crippen molar-refractivity contribution in [1.82, 2.24) is 4.98 Å². The smallest absolute Gasteiger partial charge is 0.355 e. The molecule has 0 aliphatic carbocycles. The molecule has 0 bridgehead atoms. The number of ketones is 1. The molecule has 1 amide bonds. The van der Waals surface area contributed by atoms with Crippen LogP contribution < -0.4 is 5.32 Å². The zero-order chi connectivity index (χ0) is 20.1. The number of Topliss-reactive ketones (excluding diaryl/α,β-unsaturated/α-hetero) is 1. The first-order valence-electron chi connectivity index (χ1n) is 8.10. The molecule has 142 valence electrons. The van der Waals surface area contributed by atoms with Crippen LogP contribution in [0, 0.1) is 13.8 Å². The number of rotatable bonds is 6. The van der Waals surface area contributed by atoms with E-state index in [0.717, 1.165) is 0 Å². The highest BCUT2D eigenvalue weighted by molar-refractivity contribution is 6.04. The summed E-state index contributed by atoms with van der Waals surface area (Å²) in [5.41, 5.74) is 1.87. The first kappa shape index (κ1) is 19.9. The lowest BCUT2D eigenvalue weighted by Gasteiger charge is -2.09. The van der Waals surface area contributed by atoms with Gasteiger partial charge in [-0.05, 0) is 38.5 Å². The number of amides is 1.